The quantitative estimate of drug-likeness (QED) is 0.692. The Labute approximate surface area is 154 Å². The highest BCUT2D eigenvalue weighted by Crippen LogP contribution is 2.37. The molecule has 0 aromatic heterocycles. The van der Waals surface area contributed by atoms with E-state index in [0.717, 1.165) is 19.4 Å². The molecule has 26 heavy (non-hydrogen) atoms. The minimum absolute atomic E-state index is 0.00746. The third-order valence-electron chi connectivity index (χ3n) is 5.85. The second-order valence-electron chi connectivity index (χ2n) is 7.64. The average molecular weight is 381 g/mol. The van der Waals surface area contributed by atoms with Crippen molar-refractivity contribution in [2.45, 2.75) is 44.1 Å². The van der Waals surface area contributed by atoms with Gasteiger partial charge in [0.2, 0.25) is 10.0 Å². The molecule has 0 radical (unpaired) electrons. The number of aliphatic hydroxyl groups excluding tert-OH is 1. The number of carbonyl (C=O) groups is 1. The number of rotatable bonds is 2. The van der Waals surface area contributed by atoms with Gasteiger partial charge in [0.15, 0.2) is 0 Å². The number of nitrogens with one attached hydrogen (secondary N) is 1. The minimum atomic E-state index is -3.90. The minimum Gasteiger partial charge on any atom is -0.392 e. The lowest BCUT2D eigenvalue weighted by atomic mass is 9.72. The molecular weight excluding hydrogens is 354 g/mol. The summed E-state index contributed by atoms with van der Waals surface area (Å²) in [7, 11) is -3.90. The number of nitrogens with zero attached hydrogens (tertiary/aromatic N) is 1. The van der Waals surface area contributed by atoms with Gasteiger partial charge in [-0.15, -0.1) is 0 Å². The van der Waals surface area contributed by atoms with Gasteiger partial charge in [-0.05, 0) is 62.9 Å². The lowest BCUT2D eigenvalue weighted by Crippen LogP contribution is -2.58. The van der Waals surface area contributed by atoms with Crippen molar-refractivity contribution in [1.29, 1.82) is 0 Å². The molecule has 2 atom stereocenters. The summed E-state index contributed by atoms with van der Waals surface area (Å²) < 4.78 is 23.7. The number of hydrogen-bond donors (Lipinski definition) is 3. The zero-order chi connectivity index (χ0) is 19.1. The van der Waals surface area contributed by atoms with Crippen LogP contribution in [0, 0.1) is 19.3 Å². The SMILES string of the molecule is Cc1cc(C(=O)N2CCC[C@]3(CNCC[C@@H]3O)C2)cc(S(N)(=O)=O)c1C. The van der Waals surface area contributed by atoms with Gasteiger partial charge in [0.25, 0.3) is 5.91 Å². The Morgan fingerprint density at radius 2 is 2.12 bits per heavy atom. The molecule has 2 saturated heterocycles. The van der Waals surface area contributed by atoms with E-state index in [1.165, 1.54) is 6.07 Å². The maximum atomic E-state index is 13.1. The van der Waals surface area contributed by atoms with Crippen LogP contribution in [0.2, 0.25) is 0 Å². The van der Waals surface area contributed by atoms with Gasteiger partial charge in [-0.2, -0.15) is 0 Å². The first-order chi connectivity index (χ1) is 12.1. The van der Waals surface area contributed by atoms with E-state index < -0.39 is 16.1 Å². The number of amides is 1. The van der Waals surface area contributed by atoms with Gasteiger partial charge in [0, 0.05) is 30.6 Å². The predicted octanol–water partition coefficient (Wildman–Crippen LogP) is 0.527. The van der Waals surface area contributed by atoms with Crippen LogP contribution >= 0.6 is 0 Å². The molecule has 2 heterocycles. The van der Waals surface area contributed by atoms with Gasteiger partial charge in [-0.1, -0.05) is 0 Å². The van der Waals surface area contributed by atoms with E-state index in [4.69, 9.17) is 5.14 Å². The van der Waals surface area contributed by atoms with Crippen molar-refractivity contribution < 1.29 is 18.3 Å². The number of carbonyl (C=O) groups excluding carboxylic acids is 1. The third kappa shape index (κ3) is 3.51. The highest BCUT2D eigenvalue weighted by atomic mass is 32.2. The molecule has 7 nitrogen and oxygen atoms in total. The normalized spacial score (nSPS) is 26.9. The van der Waals surface area contributed by atoms with Crippen LogP contribution < -0.4 is 10.5 Å². The Morgan fingerprint density at radius 3 is 2.77 bits per heavy atom. The van der Waals surface area contributed by atoms with Crippen LogP contribution in [0.15, 0.2) is 17.0 Å². The molecule has 8 heteroatoms. The number of primary sulfonamides is 1. The number of aryl methyl sites for hydroxylation is 1. The topological polar surface area (TPSA) is 113 Å². The Kier molecular flexibility index (Phi) is 5.13. The Hall–Kier alpha value is -1.48. The van der Waals surface area contributed by atoms with E-state index in [0.29, 0.717) is 42.7 Å². The van der Waals surface area contributed by atoms with E-state index in [1.54, 1.807) is 24.8 Å². The predicted molar refractivity (Wildman–Crippen MR) is 98.4 cm³/mol. The van der Waals surface area contributed by atoms with Crippen molar-refractivity contribution in [2.75, 3.05) is 26.2 Å². The molecule has 144 valence electrons. The second kappa shape index (κ2) is 6.92. The van der Waals surface area contributed by atoms with Crippen LogP contribution in [0.1, 0.15) is 40.7 Å². The molecule has 1 amide bonds. The van der Waals surface area contributed by atoms with Crippen molar-refractivity contribution in [1.82, 2.24) is 10.2 Å². The molecule has 4 N–H and O–H groups in total. The highest BCUT2D eigenvalue weighted by Gasteiger charge is 2.44. The fourth-order valence-electron chi connectivity index (χ4n) is 4.18. The van der Waals surface area contributed by atoms with Crippen LogP contribution in [-0.4, -0.2) is 56.6 Å². The fourth-order valence-corrected chi connectivity index (χ4v) is 5.06. The maximum absolute atomic E-state index is 13.1. The number of nitrogens with two attached hydrogens (primary N) is 1. The van der Waals surface area contributed by atoms with Crippen molar-refractivity contribution in [2.24, 2.45) is 10.6 Å². The largest absolute Gasteiger partial charge is 0.392 e. The van der Waals surface area contributed by atoms with Gasteiger partial charge < -0.3 is 15.3 Å². The van der Waals surface area contributed by atoms with Crippen molar-refractivity contribution in [3.05, 3.63) is 28.8 Å². The van der Waals surface area contributed by atoms with E-state index in [9.17, 15) is 18.3 Å². The van der Waals surface area contributed by atoms with Crippen molar-refractivity contribution in [3.8, 4) is 0 Å². The number of aliphatic hydroxyl groups is 1. The first kappa shape index (κ1) is 19.3. The van der Waals surface area contributed by atoms with Gasteiger partial charge in [-0.25, -0.2) is 13.6 Å². The Bertz CT molecular complexity index is 820. The van der Waals surface area contributed by atoms with Gasteiger partial charge >= 0.3 is 0 Å². The molecule has 0 bridgehead atoms. The molecule has 1 aromatic carbocycles. The summed E-state index contributed by atoms with van der Waals surface area (Å²) in [5, 5.41) is 19.1. The molecule has 0 saturated carbocycles. The van der Waals surface area contributed by atoms with Crippen molar-refractivity contribution in [3.63, 3.8) is 0 Å². The van der Waals surface area contributed by atoms with E-state index in [2.05, 4.69) is 5.32 Å². The molecule has 2 aliphatic rings. The van der Waals surface area contributed by atoms with E-state index >= 15 is 0 Å². The average Bonchev–Trinajstić information content (AvgIpc) is 2.58. The Morgan fingerprint density at radius 1 is 1.38 bits per heavy atom. The summed E-state index contributed by atoms with van der Waals surface area (Å²) in [6.45, 7) is 6.00. The molecular formula is C18H27N3O4S. The van der Waals surface area contributed by atoms with Gasteiger partial charge in [-0.3, -0.25) is 4.79 Å². The second-order valence-corrected chi connectivity index (χ2v) is 9.17. The number of likely N-dealkylation sites (tertiary alicyclic amines) is 1. The molecule has 0 unspecified atom stereocenters. The first-order valence-corrected chi connectivity index (χ1v) is 10.5. The lowest BCUT2D eigenvalue weighted by molar-refractivity contribution is -0.0433. The summed E-state index contributed by atoms with van der Waals surface area (Å²) in [4.78, 5) is 14.8. The Balaban J connectivity index is 1.91. The summed E-state index contributed by atoms with van der Waals surface area (Å²) in [5.74, 6) is -0.213. The van der Waals surface area contributed by atoms with E-state index in [-0.39, 0.29) is 16.2 Å². The molecule has 0 aliphatic carbocycles. The number of hydrogen-bond acceptors (Lipinski definition) is 5. The van der Waals surface area contributed by atoms with Crippen LogP contribution in [-0.2, 0) is 10.0 Å². The first-order valence-electron chi connectivity index (χ1n) is 8.96. The number of piperidine rings is 2. The lowest BCUT2D eigenvalue weighted by Gasteiger charge is -2.48. The maximum Gasteiger partial charge on any atom is 0.253 e. The van der Waals surface area contributed by atoms with Crippen LogP contribution in [0.5, 0.6) is 0 Å². The molecule has 2 aliphatic heterocycles. The van der Waals surface area contributed by atoms with E-state index in [1.807, 2.05) is 0 Å². The van der Waals surface area contributed by atoms with Crippen LogP contribution in [0.3, 0.4) is 0 Å². The summed E-state index contributed by atoms with van der Waals surface area (Å²) in [6.07, 6.45) is 1.94. The molecule has 3 rings (SSSR count). The summed E-state index contributed by atoms with van der Waals surface area (Å²) >= 11 is 0. The number of benzene rings is 1. The number of sulfonamides is 1. The summed E-state index contributed by atoms with van der Waals surface area (Å²) in [5.41, 5.74) is 1.28. The van der Waals surface area contributed by atoms with Gasteiger partial charge in [0.1, 0.15) is 0 Å². The monoisotopic (exact) mass is 381 g/mol. The highest BCUT2D eigenvalue weighted by molar-refractivity contribution is 7.89. The zero-order valence-electron chi connectivity index (χ0n) is 15.3. The summed E-state index contributed by atoms with van der Waals surface area (Å²) in [6, 6.07) is 3.08. The van der Waals surface area contributed by atoms with Crippen LogP contribution in [0.4, 0.5) is 0 Å². The smallest absolute Gasteiger partial charge is 0.253 e. The van der Waals surface area contributed by atoms with Gasteiger partial charge in [0.05, 0.1) is 11.0 Å². The van der Waals surface area contributed by atoms with Crippen LogP contribution in [0.25, 0.3) is 0 Å². The molecule has 1 spiro atoms. The molecule has 1 aromatic rings. The fraction of sp³-hybridized carbons (Fsp3) is 0.611. The molecule has 2 fully saturated rings. The standard InChI is InChI=1S/C18H27N3O4S/c1-12-8-14(9-15(13(12)2)26(19,24)25)17(23)21-7-3-5-18(11-21)10-20-6-4-16(18)22/h8-9,16,20,22H,3-7,10-11H2,1-2H3,(H2,19,24,25)/t16-,18-/m0/s1. The van der Waals surface area contributed by atoms with Crippen molar-refractivity contribution >= 4 is 15.9 Å². The zero-order valence-corrected chi connectivity index (χ0v) is 16.1. The third-order valence-corrected chi connectivity index (χ3v) is 6.88.